The second-order valence-electron chi connectivity index (χ2n) is 4.08. The second kappa shape index (κ2) is 4.61. The number of hydrogen-bond donors (Lipinski definition) is 1. The highest BCUT2D eigenvalue weighted by atomic mass is 19.1. The Morgan fingerprint density at radius 1 is 1.44 bits per heavy atom. The minimum Gasteiger partial charge on any atom is -0.481 e. The van der Waals surface area contributed by atoms with Crippen LogP contribution in [-0.4, -0.2) is 29.1 Å². The molecular formula is C12H14FNO2. The van der Waals surface area contributed by atoms with Crippen molar-refractivity contribution in [3.05, 3.63) is 35.1 Å². The van der Waals surface area contributed by atoms with E-state index in [-0.39, 0.29) is 12.2 Å². The SMILES string of the molecule is O=C(O)CCN1CCc2cc(F)ccc2C1. The monoisotopic (exact) mass is 223 g/mol. The quantitative estimate of drug-likeness (QED) is 0.847. The zero-order valence-electron chi connectivity index (χ0n) is 8.95. The highest BCUT2D eigenvalue weighted by molar-refractivity contribution is 5.66. The molecule has 0 saturated carbocycles. The number of carboxylic acid groups (broad SMARTS) is 1. The minimum absolute atomic E-state index is 0.163. The molecule has 1 aromatic carbocycles. The Labute approximate surface area is 93.5 Å². The predicted molar refractivity (Wildman–Crippen MR) is 57.6 cm³/mol. The molecule has 2 rings (SSSR count). The van der Waals surface area contributed by atoms with Crippen molar-refractivity contribution in [2.24, 2.45) is 0 Å². The van der Waals surface area contributed by atoms with Crippen LogP contribution in [-0.2, 0) is 17.8 Å². The van der Waals surface area contributed by atoms with Gasteiger partial charge in [0.05, 0.1) is 6.42 Å². The molecule has 0 radical (unpaired) electrons. The summed E-state index contributed by atoms with van der Waals surface area (Å²) in [6.07, 6.45) is 0.962. The molecule has 0 aromatic heterocycles. The lowest BCUT2D eigenvalue weighted by molar-refractivity contribution is -0.137. The maximum atomic E-state index is 13.0. The molecule has 86 valence electrons. The van der Waals surface area contributed by atoms with Crippen LogP contribution in [0.25, 0.3) is 0 Å². The first-order chi connectivity index (χ1) is 7.65. The van der Waals surface area contributed by atoms with Gasteiger partial charge >= 0.3 is 5.97 Å². The number of fused-ring (bicyclic) bond motifs is 1. The lowest BCUT2D eigenvalue weighted by Crippen LogP contribution is -2.32. The number of rotatable bonds is 3. The van der Waals surface area contributed by atoms with Crippen LogP contribution in [0.4, 0.5) is 4.39 Å². The van der Waals surface area contributed by atoms with Crippen LogP contribution in [0.1, 0.15) is 17.5 Å². The maximum Gasteiger partial charge on any atom is 0.304 e. The van der Waals surface area contributed by atoms with Gasteiger partial charge in [0.2, 0.25) is 0 Å². The van der Waals surface area contributed by atoms with Gasteiger partial charge in [0.15, 0.2) is 0 Å². The smallest absolute Gasteiger partial charge is 0.304 e. The van der Waals surface area contributed by atoms with Gasteiger partial charge in [-0.3, -0.25) is 9.69 Å². The fourth-order valence-corrected chi connectivity index (χ4v) is 2.02. The van der Waals surface area contributed by atoms with E-state index in [1.54, 1.807) is 12.1 Å². The lowest BCUT2D eigenvalue weighted by Gasteiger charge is -2.28. The summed E-state index contributed by atoms with van der Waals surface area (Å²) in [5, 5.41) is 8.60. The number of carbonyl (C=O) groups is 1. The summed E-state index contributed by atoms with van der Waals surface area (Å²) in [4.78, 5) is 12.5. The molecular weight excluding hydrogens is 209 g/mol. The Kier molecular flexibility index (Phi) is 3.19. The molecule has 1 heterocycles. The first-order valence-electron chi connectivity index (χ1n) is 5.36. The van der Waals surface area contributed by atoms with Gasteiger partial charge in [0, 0.05) is 19.6 Å². The number of aliphatic carboxylic acids is 1. The third-order valence-electron chi connectivity index (χ3n) is 2.90. The summed E-state index contributed by atoms with van der Waals surface area (Å²) >= 11 is 0. The number of carboxylic acids is 1. The average Bonchev–Trinajstić information content (AvgIpc) is 2.26. The molecule has 0 unspecified atom stereocenters. The first kappa shape index (κ1) is 11.1. The van der Waals surface area contributed by atoms with Gasteiger partial charge in [-0.15, -0.1) is 0 Å². The van der Waals surface area contributed by atoms with Gasteiger partial charge in [-0.05, 0) is 29.7 Å². The van der Waals surface area contributed by atoms with E-state index < -0.39 is 5.97 Å². The van der Waals surface area contributed by atoms with Crippen molar-refractivity contribution in [1.82, 2.24) is 4.90 Å². The molecule has 0 aliphatic carbocycles. The number of benzene rings is 1. The Balaban J connectivity index is 2.01. The van der Waals surface area contributed by atoms with Crippen LogP contribution < -0.4 is 0 Å². The Hall–Kier alpha value is -1.42. The fourth-order valence-electron chi connectivity index (χ4n) is 2.02. The third kappa shape index (κ3) is 2.58. The second-order valence-corrected chi connectivity index (χ2v) is 4.08. The van der Waals surface area contributed by atoms with Crippen LogP contribution in [0, 0.1) is 5.82 Å². The Bertz CT molecular complexity index is 406. The highest BCUT2D eigenvalue weighted by Gasteiger charge is 2.16. The van der Waals surface area contributed by atoms with Gasteiger partial charge in [-0.1, -0.05) is 6.07 Å². The molecule has 1 aliphatic heterocycles. The van der Waals surface area contributed by atoms with Crippen molar-refractivity contribution >= 4 is 5.97 Å². The molecule has 0 spiro atoms. The van der Waals surface area contributed by atoms with Crippen LogP contribution in [0.15, 0.2) is 18.2 Å². The first-order valence-corrected chi connectivity index (χ1v) is 5.36. The molecule has 1 N–H and O–H groups in total. The number of nitrogens with zero attached hydrogens (tertiary/aromatic N) is 1. The Morgan fingerprint density at radius 2 is 2.25 bits per heavy atom. The van der Waals surface area contributed by atoms with Gasteiger partial charge < -0.3 is 5.11 Å². The molecule has 3 nitrogen and oxygen atoms in total. The van der Waals surface area contributed by atoms with E-state index in [2.05, 4.69) is 4.90 Å². The lowest BCUT2D eigenvalue weighted by atomic mass is 9.99. The molecule has 0 fully saturated rings. The van der Waals surface area contributed by atoms with Crippen LogP contribution >= 0.6 is 0 Å². The third-order valence-corrected chi connectivity index (χ3v) is 2.90. The topological polar surface area (TPSA) is 40.5 Å². The largest absolute Gasteiger partial charge is 0.481 e. The normalized spacial score (nSPS) is 15.8. The van der Waals surface area contributed by atoms with Crippen molar-refractivity contribution in [3.63, 3.8) is 0 Å². The van der Waals surface area contributed by atoms with E-state index in [1.165, 1.54) is 6.07 Å². The van der Waals surface area contributed by atoms with Gasteiger partial charge in [0.25, 0.3) is 0 Å². The van der Waals surface area contributed by atoms with E-state index in [0.29, 0.717) is 6.54 Å². The summed E-state index contributed by atoms with van der Waals surface area (Å²) < 4.78 is 13.0. The van der Waals surface area contributed by atoms with E-state index in [1.807, 2.05) is 0 Å². The summed E-state index contributed by atoms with van der Waals surface area (Å²) in [6.45, 7) is 2.10. The highest BCUT2D eigenvalue weighted by Crippen LogP contribution is 2.19. The summed E-state index contributed by atoms with van der Waals surface area (Å²) in [5.74, 6) is -0.970. The molecule has 0 saturated heterocycles. The maximum absolute atomic E-state index is 13.0. The molecule has 0 bridgehead atoms. The zero-order valence-corrected chi connectivity index (χ0v) is 8.95. The van der Waals surface area contributed by atoms with E-state index in [0.717, 1.165) is 30.6 Å². The van der Waals surface area contributed by atoms with Crippen LogP contribution in [0.5, 0.6) is 0 Å². The summed E-state index contributed by atoms with van der Waals surface area (Å²) in [5.41, 5.74) is 2.16. The van der Waals surface area contributed by atoms with Crippen molar-refractivity contribution in [1.29, 1.82) is 0 Å². The van der Waals surface area contributed by atoms with Gasteiger partial charge in [0.1, 0.15) is 5.82 Å². The molecule has 0 amide bonds. The predicted octanol–water partition coefficient (Wildman–Crippen LogP) is 1.66. The average molecular weight is 223 g/mol. The summed E-state index contributed by atoms with van der Waals surface area (Å²) in [6, 6.07) is 4.82. The van der Waals surface area contributed by atoms with Crippen molar-refractivity contribution < 1.29 is 14.3 Å². The van der Waals surface area contributed by atoms with E-state index in [4.69, 9.17) is 5.11 Å². The minimum atomic E-state index is -0.773. The molecule has 1 aromatic rings. The molecule has 0 atom stereocenters. The van der Waals surface area contributed by atoms with Crippen LogP contribution in [0.3, 0.4) is 0 Å². The summed E-state index contributed by atoms with van der Waals surface area (Å²) in [7, 11) is 0. The standard InChI is InChI=1S/C12H14FNO2/c13-11-2-1-10-8-14(6-4-12(15)16)5-3-9(10)7-11/h1-2,7H,3-6,8H2,(H,15,16). The van der Waals surface area contributed by atoms with Gasteiger partial charge in [-0.25, -0.2) is 4.39 Å². The van der Waals surface area contributed by atoms with Crippen molar-refractivity contribution in [2.45, 2.75) is 19.4 Å². The zero-order chi connectivity index (χ0) is 11.5. The van der Waals surface area contributed by atoms with Gasteiger partial charge in [-0.2, -0.15) is 0 Å². The Morgan fingerprint density at radius 3 is 3.00 bits per heavy atom. The number of hydrogen-bond acceptors (Lipinski definition) is 2. The fraction of sp³-hybridized carbons (Fsp3) is 0.417. The van der Waals surface area contributed by atoms with Crippen LogP contribution in [0.2, 0.25) is 0 Å². The molecule has 1 aliphatic rings. The van der Waals surface area contributed by atoms with E-state index in [9.17, 15) is 9.18 Å². The number of halogens is 1. The van der Waals surface area contributed by atoms with Crippen molar-refractivity contribution in [3.8, 4) is 0 Å². The molecule has 16 heavy (non-hydrogen) atoms. The van der Waals surface area contributed by atoms with Crippen molar-refractivity contribution in [2.75, 3.05) is 13.1 Å². The molecule has 4 heteroatoms. The van der Waals surface area contributed by atoms with E-state index >= 15 is 0 Å².